The summed E-state index contributed by atoms with van der Waals surface area (Å²) in [6.07, 6.45) is 1.41. The Bertz CT molecular complexity index is 828. The number of hydrogen-bond acceptors (Lipinski definition) is 4. The average Bonchev–Trinajstić information content (AvgIpc) is 2.56. The van der Waals surface area contributed by atoms with Crippen LogP contribution in [0.2, 0.25) is 15.2 Å². The first-order valence-electron chi connectivity index (χ1n) is 6.13. The normalized spacial score (nSPS) is 10.5. The minimum Gasteiger partial charge on any atom is -0.396 e. The lowest BCUT2D eigenvalue weighted by molar-refractivity contribution is -0.379. The fraction of sp³-hybridized carbons (Fsp3) is 0. The van der Waals surface area contributed by atoms with Gasteiger partial charge in [0.15, 0.2) is 0 Å². The van der Waals surface area contributed by atoms with Crippen molar-refractivity contribution >= 4 is 52.6 Å². The second-order valence-corrected chi connectivity index (χ2v) is 5.42. The summed E-state index contributed by atoms with van der Waals surface area (Å²) in [5.41, 5.74) is 9.11. The highest BCUT2D eigenvalue weighted by molar-refractivity contribution is 6.45. The summed E-state index contributed by atoms with van der Waals surface area (Å²) in [7, 11) is 0. The van der Waals surface area contributed by atoms with Crippen LogP contribution in [0.3, 0.4) is 0 Å². The van der Waals surface area contributed by atoms with Gasteiger partial charge in [0.1, 0.15) is 10.0 Å². The molecule has 0 radical (unpaired) electrons. The first kappa shape index (κ1) is 17.0. The maximum Gasteiger partial charge on any atom is 0.337 e. The number of anilines is 1. The number of carbonyl (C=O) groups is 1. The standard InChI is InChI=1S/C14H8Cl3N5O/c15-9-11(19)10(16)13(17)21-12(9)14(23)22-20-6-8-3-1-7(5-18)2-4-8/h1-4,6H,(H2,19,21)(H,22,23)/p+1/b20-6+. The monoisotopic (exact) mass is 368 g/mol. The summed E-state index contributed by atoms with van der Waals surface area (Å²) in [4.78, 5) is 14.6. The van der Waals surface area contributed by atoms with Gasteiger partial charge in [-0.15, -0.1) is 0 Å². The quantitative estimate of drug-likeness (QED) is 0.493. The van der Waals surface area contributed by atoms with E-state index in [2.05, 4.69) is 15.5 Å². The van der Waals surface area contributed by atoms with Gasteiger partial charge in [-0.1, -0.05) is 35.3 Å². The molecule has 0 aliphatic rings. The molecule has 4 N–H and O–H groups in total. The molecule has 0 saturated heterocycles. The smallest absolute Gasteiger partial charge is 0.337 e. The summed E-state index contributed by atoms with van der Waals surface area (Å²) in [6, 6.07) is 8.64. The number of nitrogens with two attached hydrogens (primary N) is 1. The first-order chi connectivity index (χ1) is 10.9. The zero-order valence-electron chi connectivity index (χ0n) is 11.4. The fourth-order valence-corrected chi connectivity index (χ4v) is 2.20. The predicted octanol–water partition coefficient (Wildman–Crippen LogP) is 2.68. The van der Waals surface area contributed by atoms with Crippen LogP contribution in [0.4, 0.5) is 5.69 Å². The van der Waals surface area contributed by atoms with E-state index in [0.29, 0.717) is 11.1 Å². The maximum atomic E-state index is 12.0. The highest BCUT2D eigenvalue weighted by Crippen LogP contribution is 2.31. The number of aromatic nitrogens is 1. The van der Waals surface area contributed by atoms with E-state index >= 15 is 0 Å². The molecule has 2 aromatic rings. The van der Waals surface area contributed by atoms with E-state index in [1.54, 1.807) is 24.3 Å². The topological polar surface area (TPSA) is 105 Å². The van der Waals surface area contributed by atoms with E-state index in [9.17, 15) is 4.79 Å². The molecule has 0 bridgehead atoms. The minimum atomic E-state index is -0.634. The van der Waals surface area contributed by atoms with Crippen molar-refractivity contribution in [3.63, 3.8) is 0 Å². The number of carbonyl (C=O) groups excluding carboxylic acids is 1. The lowest BCUT2D eigenvalue weighted by Gasteiger charge is -2.02. The molecule has 9 heteroatoms. The van der Waals surface area contributed by atoms with Crippen LogP contribution in [0.15, 0.2) is 29.4 Å². The van der Waals surface area contributed by atoms with E-state index in [1.807, 2.05) is 6.07 Å². The summed E-state index contributed by atoms with van der Waals surface area (Å²) >= 11 is 17.6. The van der Waals surface area contributed by atoms with E-state index in [-0.39, 0.29) is 26.6 Å². The van der Waals surface area contributed by atoms with Crippen molar-refractivity contribution in [2.75, 3.05) is 5.73 Å². The number of hydrogen-bond donors (Lipinski definition) is 2. The number of nitriles is 1. The van der Waals surface area contributed by atoms with Crippen LogP contribution >= 0.6 is 34.8 Å². The van der Waals surface area contributed by atoms with Gasteiger partial charge in [-0.25, -0.2) is 5.43 Å². The van der Waals surface area contributed by atoms with Crippen LogP contribution in [0.25, 0.3) is 0 Å². The molecule has 0 fully saturated rings. The number of nitrogens with one attached hydrogen (secondary N) is 2. The van der Waals surface area contributed by atoms with Crippen molar-refractivity contribution in [3.05, 3.63) is 56.3 Å². The van der Waals surface area contributed by atoms with Crippen LogP contribution in [0, 0.1) is 11.3 Å². The number of benzene rings is 1. The number of aromatic amines is 1. The van der Waals surface area contributed by atoms with Crippen LogP contribution in [-0.2, 0) is 0 Å². The second-order valence-electron chi connectivity index (χ2n) is 4.29. The van der Waals surface area contributed by atoms with Crippen molar-refractivity contribution in [2.24, 2.45) is 5.10 Å². The Morgan fingerprint density at radius 1 is 1.26 bits per heavy atom. The van der Waals surface area contributed by atoms with Crippen molar-refractivity contribution in [1.82, 2.24) is 5.43 Å². The van der Waals surface area contributed by atoms with E-state index in [1.165, 1.54) is 6.21 Å². The highest BCUT2D eigenvalue weighted by atomic mass is 35.5. The van der Waals surface area contributed by atoms with Crippen molar-refractivity contribution in [3.8, 4) is 6.07 Å². The molecule has 0 atom stereocenters. The number of rotatable bonds is 3. The summed E-state index contributed by atoms with van der Waals surface area (Å²) in [5.74, 6) is -0.634. The lowest BCUT2D eigenvalue weighted by atomic mass is 10.2. The fourth-order valence-electron chi connectivity index (χ4n) is 1.59. The first-order valence-corrected chi connectivity index (χ1v) is 7.26. The Morgan fingerprint density at radius 3 is 2.52 bits per heavy atom. The number of nitrogen functional groups attached to an aromatic ring is 1. The van der Waals surface area contributed by atoms with Gasteiger partial charge in [-0.05, 0) is 29.3 Å². The van der Waals surface area contributed by atoms with Crippen molar-refractivity contribution in [1.29, 1.82) is 5.26 Å². The number of nitrogens with zero attached hydrogens (tertiary/aromatic N) is 2. The molecule has 1 aromatic heterocycles. The van der Waals surface area contributed by atoms with Crippen LogP contribution in [0.1, 0.15) is 21.6 Å². The van der Waals surface area contributed by atoms with E-state index in [0.717, 1.165) is 0 Å². The molecule has 0 unspecified atom stereocenters. The van der Waals surface area contributed by atoms with Crippen molar-refractivity contribution < 1.29 is 9.78 Å². The third-order valence-electron chi connectivity index (χ3n) is 2.77. The SMILES string of the molecule is N#Cc1ccc(/C=N/NC(=O)c2[nH+]c(Cl)c(Cl)c(N)c2Cl)cc1. The Balaban J connectivity index is 2.13. The zero-order valence-corrected chi connectivity index (χ0v) is 13.7. The van der Waals surface area contributed by atoms with Gasteiger partial charge < -0.3 is 5.73 Å². The van der Waals surface area contributed by atoms with Gasteiger partial charge in [0.05, 0.1) is 23.5 Å². The Morgan fingerprint density at radius 2 is 1.91 bits per heavy atom. The molecular formula is C14H9Cl3N5O+. The predicted molar refractivity (Wildman–Crippen MR) is 88.7 cm³/mol. The average molecular weight is 370 g/mol. The Labute approximate surface area is 146 Å². The molecule has 0 aliphatic carbocycles. The molecule has 0 saturated carbocycles. The van der Waals surface area contributed by atoms with E-state index < -0.39 is 5.91 Å². The second kappa shape index (κ2) is 7.29. The molecule has 0 spiro atoms. The lowest BCUT2D eigenvalue weighted by Crippen LogP contribution is -2.28. The third kappa shape index (κ3) is 3.90. The minimum absolute atomic E-state index is 0.00157. The number of pyridine rings is 1. The Hall–Kier alpha value is -2.33. The van der Waals surface area contributed by atoms with Crippen LogP contribution in [-0.4, -0.2) is 12.1 Å². The summed E-state index contributed by atoms with van der Waals surface area (Å²) < 4.78 is 0. The van der Waals surface area contributed by atoms with Gasteiger partial charge in [-0.2, -0.15) is 15.3 Å². The molecule has 6 nitrogen and oxygen atoms in total. The highest BCUT2D eigenvalue weighted by Gasteiger charge is 2.25. The van der Waals surface area contributed by atoms with Gasteiger partial charge in [0.25, 0.3) is 10.8 Å². The molecular weight excluding hydrogens is 361 g/mol. The number of hydrazone groups is 1. The van der Waals surface area contributed by atoms with Crippen LogP contribution in [0.5, 0.6) is 0 Å². The number of amides is 1. The van der Waals surface area contributed by atoms with E-state index in [4.69, 9.17) is 45.8 Å². The Kier molecular flexibility index (Phi) is 5.40. The molecule has 0 aliphatic heterocycles. The van der Waals surface area contributed by atoms with Gasteiger partial charge in [-0.3, -0.25) is 4.79 Å². The van der Waals surface area contributed by atoms with Crippen LogP contribution < -0.4 is 16.1 Å². The molecule has 2 rings (SSSR count). The molecule has 1 heterocycles. The van der Waals surface area contributed by atoms with Crippen molar-refractivity contribution in [2.45, 2.75) is 0 Å². The zero-order chi connectivity index (χ0) is 17.0. The number of halogens is 3. The maximum absolute atomic E-state index is 12.0. The molecule has 116 valence electrons. The third-order valence-corrected chi connectivity index (χ3v) is 3.93. The summed E-state index contributed by atoms with van der Waals surface area (Å²) in [6.45, 7) is 0. The molecule has 23 heavy (non-hydrogen) atoms. The largest absolute Gasteiger partial charge is 0.396 e. The summed E-state index contributed by atoms with van der Waals surface area (Å²) in [5, 5.41) is 12.5. The number of H-pyrrole nitrogens is 1. The molecule has 1 amide bonds. The van der Waals surface area contributed by atoms with Gasteiger partial charge in [0, 0.05) is 0 Å². The molecule has 1 aromatic carbocycles. The van der Waals surface area contributed by atoms with Gasteiger partial charge >= 0.3 is 5.91 Å². The van der Waals surface area contributed by atoms with Gasteiger partial charge in [0.2, 0.25) is 0 Å².